The van der Waals surface area contributed by atoms with Gasteiger partial charge in [-0.2, -0.15) is 0 Å². The van der Waals surface area contributed by atoms with E-state index in [4.69, 9.17) is 24.7 Å². The molecule has 2 aliphatic rings. The van der Waals surface area contributed by atoms with Gasteiger partial charge in [-0.1, -0.05) is 0 Å². The van der Waals surface area contributed by atoms with Gasteiger partial charge in [0.25, 0.3) is 5.56 Å². The highest BCUT2D eigenvalue weighted by molar-refractivity contribution is 5.71. The maximum absolute atomic E-state index is 12.0. The van der Waals surface area contributed by atoms with Crippen LogP contribution in [0.25, 0.3) is 0 Å². The Morgan fingerprint density at radius 2 is 2.08 bits per heavy atom. The van der Waals surface area contributed by atoms with E-state index in [-0.39, 0.29) is 13.2 Å². The Balaban J connectivity index is 1.86. The van der Waals surface area contributed by atoms with Crippen LogP contribution in [-0.2, 0) is 23.7 Å². The van der Waals surface area contributed by atoms with Gasteiger partial charge in [-0.25, -0.2) is 4.79 Å². The summed E-state index contributed by atoms with van der Waals surface area (Å²) in [5.74, 6) is -1.45. The molecule has 0 saturated carbocycles. The van der Waals surface area contributed by atoms with E-state index in [9.17, 15) is 14.4 Å². The van der Waals surface area contributed by atoms with Gasteiger partial charge in [-0.05, 0) is 13.8 Å². The first-order chi connectivity index (χ1) is 11.3. The molecule has 2 aliphatic heterocycles. The van der Waals surface area contributed by atoms with Crippen LogP contribution in [0.4, 0.5) is 0 Å². The van der Waals surface area contributed by atoms with Crippen LogP contribution in [-0.4, -0.2) is 52.8 Å². The van der Waals surface area contributed by atoms with E-state index < -0.39 is 47.5 Å². The first-order valence-electron chi connectivity index (χ1n) is 7.49. The van der Waals surface area contributed by atoms with Gasteiger partial charge in [-0.3, -0.25) is 19.1 Å². The van der Waals surface area contributed by atoms with E-state index in [0.717, 1.165) is 0 Å². The van der Waals surface area contributed by atoms with Crippen molar-refractivity contribution in [1.29, 1.82) is 0 Å². The van der Waals surface area contributed by atoms with Crippen LogP contribution in [0.5, 0.6) is 0 Å². The number of H-pyrrole nitrogens is 1. The van der Waals surface area contributed by atoms with Crippen molar-refractivity contribution in [3.63, 3.8) is 0 Å². The molecular weight excluding hydrogens is 322 g/mol. The predicted octanol–water partition coefficient (Wildman–Crippen LogP) is -1.54. The van der Waals surface area contributed by atoms with Crippen molar-refractivity contribution < 1.29 is 23.7 Å². The van der Waals surface area contributed by atoms with Gasteiger partial charge in [-0.15, -0.1) is 0 Å². The van der Waals surface area contributed by atoms with Crippen LogP contribution in [0.2, 0.25) is 0 Å². The number of carbonyl (C=O) groups excluding carboxylic acids is 1. The zero-order valence-electron chi connectivity index (χ0n) is 13.3. The number of rotatable bonds is 4. The molecule has 1 aromatic rings. The van der Waals surface area contributed by atoms with Gasteiger partial charge >= 0.3 is 11.7 Å². The number of nitrogens with two attached hydrogens (primary N) is 1. The number of carbonyl (C=O) groups is 1. The van der Waals surface area contributed by atoms with Crippen molar-refractivity contribution >= 4 is 5.97 Å². The Labute approximate surface area is 136 Å². The third-order valence-electron chi connectivity index (χ3n) is 3.83. The van der Waals surface area contributed by atoms with Gasteiger partial charge in [0.1, 0.15) is 24.9 Å². The van der Waals surface area contributed by atoms with Gasteiger partial charge in [0, 0.05) is 12.3 Å². The molecule has 0 bridgehead atoms. The van der Waals surface area contributed by atoms with E-state index in [1.54, 1.807) is 13.8 Å². The molecule has 3 N–H and O–H groups in total. The first-order valence-corrected chi connectivity index (χ1v) is 7.49. The highest BCUT2D eigenvalue weighted by Crippen LogP contribution is 2.42. The van der Waals surface area contributed by atoms with Crippen molar-refractivity contribution in [2.45, 2.75) is 44.2 Å². The fourth-order valence-electron chi connectivity index (χ4n) is 2.88. The first kappa shape index (κ1) is 16.8. The topological polar surface area (TPSA) is 135 Å². The van der Waals surface area contributed by atoms with Crippen LogP contribution in [0.1, 0.15) is 20.1 Å². The summed E-state index contributed by atoms with van der Waals surface area (Å²) in [5.41, 5.74) is 4.07. The van der Waals surface area contributed by atoms with Gasteiger partial charge < -0.3 is 24.7 Å². The highest BCUT2D eigenvalue weighted by Gasteiger charge is 2.56. The molecule has 3 rings (SSSR count). The number of aromatic amines is 1. The minimum atomic E-state index is -0.876. The SMILES string of the molecule is CC1(C)O[C@@H]2[C@H](O1)[C@@H](COC(=O)CN)O[C@H]2n1ccc(=O)[nH]c1=O. The summed E-state index contributed by atoms with van der Waals surface area (Å²) in [6, 6.07) is 1.21. The maximum atomic E-state index is 12.0. The summed E-state index contributed by atoms with van der Waals surface area (Å²) in [6.45, 7) is 3.15. The van der Waals surface area contributed by atoms with Gasteiger partial charge in [0.15, 0.2) is 12.0 Å². The Bertz CT molecular complexity index is 740. The van der Waals surface area contributed by atoms with E-state index in [2.05, 4.69) is 4.98 Å². The molecular formula is C14H19N3O7. The third-order valence-corrected chi connectivity index (χ3v) is 3.83. The zero-order chi connectivity index (χ0) is 17.5. The van der Waals surface area contributed by atoms with Gasteiger partial charge in [0.05, 0.1) is 6.54 Å². The molecule has 132 valence electrons. The molecule has 0 amide bonds. The number of fused-ring (bicyclic) bond motifs is 1. The minimum absolute atomic E-state index is 0.0781. The molecule has 1 aromatic heterocycles. The minimum Gasteiger partial charge on any atom is -0.462 e. The van der Waals surface area contributed by atoms with Crippen LogP contribution >= 0.6 is 0 Å². The second kappa shape index (κ2) is 6.13. The number of hydrogen-bond donors (Lipinski definition) is 2. The Morgan fingerprint density at radius 1 is 1.38 bits per heavy atom. The van der Waals surface area contributed by atoms with E-state index in [1.165, 1.54) is 16.8 Å². The molecule has 3 heterocycles. The normalized spacial score (nSPS) is 31.0. The van der Waals surface area contributed by atoms with E-state index >= 15 is 0 Å². The molecule has 0 spiro atoms. The Morgan fingerprint density at radius 3 is 2.75 bits per heavy atom. The number of aromatic nitrogens is 2. The number of nitrogens with one attached hydrogen (secondary N) is 1. The molecule has 10 heteroatoms. The number of nitrogens with zero attached hydrogens (tertiary/aromatic N) is 1. The molecule has 4 atom stereocenters. The summed E-state index contributed by atoms with van der Waals surface area (Å²) in [6.07, 6.45) is -1.25. The summed E-state index contributed by atoms with van der Waals surface area (Å²) < 4.78 is 23.7. The van der Waals surface area contributed by atoms with E-state index in [0.29, 0.717) is 0 Å². The fraction of sp³-hybridized carbons (Fsp3) is 0.643. The summed E-state index contributed by atoms with van der Waals surface area (Å²) in [7, 11) is 0. The lowest BCUT2D eigenvalue weighted by atomic mass is 10.1. The van der Waals surface area contributed by atoms with Crippen molar-refractivity contribution in [3.05, 3.63) is 33.1 Å². The quantitative estimate of drug-likeness (QED) is 0.629. The standard InChI is InChI=1S/C14H19N3O7/c1-14(2)23-10-7(6-21-9(19)5-15)22-12(11(10)24-14)17-4-3-8(18)16-13(17)20/h3-4,7,10-12H,5-6,15H2,1-2H3,(H,16,18,20)/t7-,10-,11-,12-/m1/s1. The van der Waals surface area contributed by atoms with Crippen molar-refractivity contribution in [2.75, 3.05) is 13.2 Å². The summed E-state index contributed by atoms with van der Waals surface area (Å²) in [5, 5.41) is 0. The summed E-state index contributed by atoms with van der Waals surface area (Å²) >= 11 is 0. The van der Waals surface area contributed by atoms with Crippen LogP contribution in [0.15, 0.2) is 21.9 Å². The molecule has 10 nitrogen and oxygen atoms in total. The second-order valence-electron chi connectivity index (χ2n) is 6.03. The van der Waals surface area contributed by atoms with Gasteiger partial charge in [0.2, 0.25) is 0 Å². The number of hydrogen-bond acceptors (Lipinski definition) is 8. The lowest BCUT2D eigenvalue weighted by Gasteiger charge is -2.24. The Hall–Kier alpha value is -2.01. The van der Waals surface area contributed by atoms with E-state index in [1.807, 2.05) is 0 Å². The summed E-state index contributed by atoms with van der Waals surface area (Å²) in [4.78, 5) is 36.7. The van der Waals surface area contributed by atoms with Crippen LogP contribution < -0.4 is 17.0 Å². The van der Waals surface area contributed by atoms with Crippen LogP contribution in [0.3, 0.4) is 0 Å². The molecule has 0 radical (unpaired) electrons. The molecule has 2 fully saturated rings. The van der Waals surface area contributed by atoms with Crippen molar-refractivity contribution in [3.8, 4) is 0 Å². The largest absolute Gasteiger partial charge is 0.462 e. The Kier molecular flexibility index (Phi) is 4.30. The molecule has 2 saturated heterocycles. The molecule has 0 aromatic carbocycles. The highest BCUT2D eigenvalue weighted by atomic mass is 16.8. The monoisotopic (exact) mass is 341 g/mol. The average molecular weight is 341 g/mol. The second-order valence-corrected chi connectivity index (χ2v) is 6.03. The fourth-order valence-corrected chi connectivity index (χ4v) is 2.88. The predicted molar refractivity (Wildman–Crippen MR) is 79.1 cm³/mol. The number of esters is 1. The smallest absolute Gasteiger partial charge is 0.330 e. The maximum Gasteiger partial charge on any atom is 0.330 e. The average Bonchev–Trinajstić information content (AvgIpc) is 2.98. The molecule has 0 unspecified atom stereocenters. The van der Waals surface area contributed by atoms with Crippen molar-refractivity contribution in [1.82, 2.24) is 9.55 Å². The zero-order valence-corrected chi connectivity index (χ0v) is 13.3. The van der Waals surface area contributed by atoms with Crippen molar-refractivity contribution in [2.24, 2.45) is 5.73 Å². The third kappa shape index (κ3) is 3.13. The number of ether oxygens (including phenoxy) is 4. The molecule has 0 aliphatic carbocycles. The lowest BCUT2D eigenvalue weighted by Crippen LogP contribution is -2.37. The van der Waals surface area contributed by atoms with Crippen LogP contribution in [0, 0.1) is 0 Å². The molecule has 24 heavy (non-hydrogen) atoms. The lowest BCUT2D eigenvalue weighted by molar-refractivity contribution is -0.202.